The Labute approximate surface area is 100 Å². The number of nitro benzene ring substituents is 1. The van der Waals surface area contributed by atoms with Gasteiger partial charge in [0.15, 0.2) is 0 Å². The Morgan fingerprint density at radius 1 is 1.47 bits per heavy atom. The van der Waals surface area contributed by atoms with Gasteiger partial charge in [0.1, 0.15) is 5.75 Å². The molecule has 2 N–H and O–H groups in total. The van der Waals surface area contributed by atoms with Crippen molar-refractivity contribution in [3.8, 4) is 5.75 Å². The first-order chi connectivity index (χ1) is 8.00. The molecule has 0 heterocycles. The van der Waals surface area contributed by atoms with Crippen molar-refractivity contribution in [2.24, 2.45) is 0 Å². The summed E-state index contributed by atoms with van der Waals surface area (Å²) < 4.78 is 5.42. The molecule has 0 atom stereocenters. The summed E-state index contributed by atoms with van der Waals surface area (Å²) in [5.74, 6) is 0.373. The van der Waals surface area contributed by atoms with Gasteiger partial charge in [0, 0.05) is 12.6 Å². The molecule has 1 aromatic rings. The topological polar surface area (TPSA) is 81.6 Å². The minimum atomic E-state index is -0.466. The second-order valence-corrected chi connectivity index (χ2v) is 3.98. The Bertz CT molecular complexity index is 394. The van der Waals surface area contributed by atoms with Crippen LogP contribution in [0.25, 0.3) is 0 Å². The molecule has 1 aromatic carbocycles. The minimum Gasteiger partial charge on any atom is -0.491 e. The molecule has 0 bridgehead atoms. The van der Waals surface area contributed by atoms with Crippen LogP contribution in [0, 0.1) is 10.1 Å². The molecule has 0 spiro atoms. The van der Waals surface area contributed by atoms with Crippen molar-refractivity contribution in [3.63, 3.8) is 0 Å². The Balaban J connectivity index is 2.57. The standard InChI is InChI=1S/C11H17N3O3/c1-13(2)6-3-7-17-11-8-9(14(15)16)4-5-10(11)12/h4-5,8H,3,6-7,12H2,1-2H3. The maximum atomic E-state index is 10.6. The van der Waals surface area contributed by atoms with E-state index in [0.29, 0.717) is 18.0 Å². The van der Waals surface area contributed by atoms with Crippen LogP contribution < -0.4 is 10.5 Å². The van der Waals surface area contributed by atoms with Gasteiger partial charge in [-0.15, -0.1) is 0 Å². The molecule has 0 saturated heterocycles. The number of nitro groups is 1. The molecule has 0 amide bonds. The third-order valence-corrected chi connectivity index (χ3v) is 2.22. The maximum absolute atomic E-state index is 10.6. The van der Waals surface area contributed by atoms with E-state index in [1.807, 2.05) is 19.0 Å². The van der Waals surface area contributed by atoms with E-state index in [4.69, 9.17) is 10.5 Å². The van der Waals surface area contributed by atoms with Crippen molar-refractivity contribution in [3.05, 3.63) is 28.3 Å². The molecule has 0 aliphatic carbocycles. The van der Waals surface area contributed by atoms with Crippen LogP contribution in [0.3, 0.4) is 0 Å². The SMILES string of the molecule is CN(C)CCCOc1cc([N+](=O)[O-])ccc1N. The summed E-state index contributed by atoms with van der Waals surface area (Å²) in [5, 5.41) is 10.6. The lowest BCUT2D eigenvalue weighted by Gasteiger charge is -2.11. The summed E-state index contributed by atoms with van der Waals surface area (Å²) in [6.07, 6.45) is 0.842. The van der Waals surface area contributed by atoms with Crippen LogP contribution in [-0.4, -0.2) is 37.1 Å². The minimum absolute atomic E-state index is 0.0122. The third-order valence-electron chi connectivity index (χ3n) is 2.22. The number of benzene rings is 1. The van der Waals surface area contributed by atoms with Crippen molar-refractivity contribution in [2.75, 3.05) is 33.0 Å². The Morgan fingerprint density at radius 2 is 2.18 bits per heavy atom. The van der Waals surface area contributed by atoms with Gasteiger partial charge in [-0.2, -0.15) is 0 Å². The molecule has 0 radical (unpaired) electrons. The molecule has 0 aliphatic heterocycles. The van der Waals surface area contributed by atoms with E-state index < -0.39 is 4.92 Å². The van der Waals surface area contributed by atoms with E-state index in [-0.39, 0.29) is 5.69 Å². The van der Waals surface area contributed by atoms with Crippen LogP contribution in [0.2, 0.25) is 0 Å². The molecule has 94 valence electrons. The molecule has 6 heteroatoms. The highest BCUT2D eigenvalue weighted by Crippen LogP contribution is 2.26. The van der Waals surface area contributed by atoms with E-state index in [1.54, 1.807) is 0 Å². The fraction of sp³-hybridized carbons (Fsp3) is 0.455. The van der Waals surface area contributed by atoms with Crippen LogP contribution in [0.5, 0.6) is 5.75 Å². The molecule has 0 saturated carbocycles. The number of ether oxygens (including phenoxy) is 1. The van der Waals surface area contributed by atoms with E-state index in [2.05, 4.69) is 0 Å². The largest absolute Gasteiger partial charge is 0.491 e. The lowest BCUT2D eigenvalue weighted by atomic mass is 10.2. The van der Waals surface area contributed by atoms with Crippen LogP contribution in [0.15, 0.2) is 18.2 Å². The van der Waals surface area contributed by atoms with Gasteiger partial charge in [0.05, 0.1) is 23.3 Å². The predicted molar refractivity (Wildman–Crippen MR) is 66.2 cm³/mol. The summed E-state index contributed by atoms with van der Waals surface area (Å²) in [7, 11) is 3.95. The fourth-order valence-corrected chi connectivity index (χ4v) is 1.32. The lowest BCUT2D eigenvalue weighted by Crippen LogP contribution is -2.15. The van der Waals surface area contributed by atoms with Gasteiger partial charge in [-0.1, -0.05) is 0 Å². The first-order valence-electron chi connectivity index (χ1n) is 5.32. The van der Waals surface area contributed by atoms with Gasteiger partial charge in [-0.05, 0) is 26.6 Å². The zero-order chi connectivity index (χ0) is 12.8. The lowest BCUT2D eigenvalue weighted by molar-refractivity contribution is -0.384. The van der Waals surface area contributed by atoms with E-state index in [0.717, 1.165) is 13.0 Å². The summed E-state index contributed by atoms with van der Waals surface area (Å²) in [6, 6.07) is 4.20. The first-order valence-corrected chi connectivity index (χ1v) is 5.32. The Morgan fingerprint density at radius 3 is 2.76 bits per heavy atom. The summed E-state index contributed by atoms with van der Waals surface area (Å²) in [4.78, 5) is 12.2. The number of nitrogens with zero attached hydrogens (tertiary/aromatic N) is 2. The average Bonchev–Trinajstić information content (AvgIpc) is 2.25. The molecule has 0 fully saturated rings. The molecule has 1 rings (SSSR count). The van der Waals surface area contributed by atoms with Gasteiger partial charge in [0.2, 0.25) is 0 Å². The highest BCUT2D eigenvalue weighted by Gasteiger charge is 2.09. The van der Waals surface area contributed by atoms with Crippen LogP contribution in [-0.2, 0) is 0 Å². The first kappa shape index (κ1) is 13.2. The highest BCUT2D eigenvalue weighted by atomic mass is 16.6. The second-order valence-electron chi connectivity index (χ2n) is 3.98. The van der Waals surface area contributed by atoms with Crippen LogP contribution in [0.4, 0.5) is 11.4 Å². The van der Waals surface area contributed by atoms with Crippen LogP contribution >= 0.6 is 0 Å². The second kappa shape index (κ2) is 6.05. The van der Waals surface area contributed by atoms with Crippen molar-refractivity contribution >= 4 is 11.4 Å². The van der Waals surface area contributed by atoms with Crippen molar-refractivity contribution in [2.45, 2.75) is 6.42 Å². The highest BCUT2D eigenvalue weighted by molar-refractivity contribution is 5.57. The van der Waals surface area contributed by atoms with Crippen molar-refractivity contribution < 1.29 is 9.66 Å². The monoisotopic (exact) mass is 239 g/mol. The number of nitrogens with two attached hydrogens (primary N) is 1. The molecule has 17 heavy (non-hydrogen) atoms. The maximum Gasteiger partial charge on any atom is 0.273 e. The van der Waals surface area contributed by atoms with Gasteiger partial charge < -0.3 is 15.4 Å². The Kier molecular flexibility index (Phi) is 4.71. The van der Waals surface area contributed by atoms with Crippen LogP contribution in [0.1, 0.15) is 6.42 Å². The smallest absolute Gasteiger partial charge is 0.273 e. The predicted octanol–water partition coefficient (Wildman–Crippen LogP) is 1.51. The molecule has 0 unspecified atom stereocenters. The zero-order valence-corrected chi connectivity index (χ0v) is 10.0. The van der Waals surface area contributed by atoms with Gasteiger partial charge in [-0.3, -0.25) is 10.1 Å². The molecular weight excluding hydrogens is 222 g/mol. The van der Waals surface area contributed by atoms with E-state index >= 15 is 0 Å². The molecule has 6 nitrogen and oxygen atoms in total. The number of non-ortho nitro benzene ring substituents is 1. The van der Waals surface area contributed by atoms with E-state index in [9.17, 15) is 10.1 Å². The molecule has 0 aromatic heterocycles. The van der Waals surface area contributed by atoms with Crippen molar-refractivity contribution in [1.29, 1.82) is 0 Å². The normalized spacial score (nSPS) is 10.5. The number of hydrogen-bond donors (Lipinski definition) is 1. The number of nitrogen functional groups attached to an aromatic ring is 1. The molecular formula is C11H17N3O3. The number of hydrogen-bond acceptors (Lipinski definition) is 5. The van der Waals surface area contributed by atoms with Gasteiger partial charge in [0.25, 0.3) is 5.69 Å². The molecule has 0 aliphatic rings. The number of rotatable bonds is 6. The average molecular weight is 239 g/mol. The zero-order valence-electron chi connectivity index (χ0n) is 10.0. The van der Waals surface area contributed by atoms with E-state index in [1.165, 1.54) is 18.2 Å². The quantitative estimate of drug-likeness (QED) is 0.352. The Hall–Kier alpha value is -1.82. The summed E-state index contributed by atoms with van der Waals surface area (Å²) >= 11 is 0. The summed E-state index contributed by atoms with van der Waals surface area (Å²) in [5.41, 5.74) is 6.08. The van der Waals surface area contributed by atoms with Crippen molar-refractivity contribution in [1.82, 2.24) is 4.90 Å². The third kappa shape index (κ3) is 4.28. The van der Waals surface area contributed by atoms with Gasteiger partial charge >= 0.3 is 0 Å². The number of anilines is 1. The summed E-state index contributed by atoms with van der Waals surface area (Å²) in [6.45, 7) is 1.39. The van der Waals surface area contributed by atoms with Gasteiger partial charge in [-0.25, -0.2) is 0 Å². The fourth-order valence-electron chi connectivity index (χ4n) is 1.32.